The second-order valence-electron chi connectivity index (χ2n) is 5.58. The van der Waals surface area contributed by atoms with E-state index in [9.17, 15) is 18.8 Å². The lowest BCUT2D eigenvalue weighted by Crippen LogP contribution is -2.32. The second-order valence-corrected chi connectivity index (χ2v) is 6.78. The molecule has 2 unspecified atom stereocenters. The number of amides is 1. The Morgan fingerprint density at radius 1 is 1.39 bits per heavy atom. The molecule has 1 amide bonds. The third-order valence-electron chi connectivity index (χ3n) is 3.76. The summed E-state index contributed by atoms with van der Waals surface area (Å²) < 4.78 is 13.1. The van der Waals surface area contributed by atoms with Gasteiger partial charge in [0.15, 0.2) is 5.12 Å². The maximum absolute atomic E-state index is 13.1. The van der Waals surface area contributed by atoms with Gasteiger partial charge in [0.05, 0.1) is 12.5 Å². The molecule has 0 radical (unpaired) electrons. The number of rotatable bonds is 6. The van der Waals surface area contributed by atoms with E-state index < -0.39 is 17.8 Å². The van der Waals surface area contributed by atoms with E-state index in [0.29, 0.717) is 24.3 Å². The van der Waals surface area contributed by atoms with Gasteiger partial charge in [-0.1, -0.05) is 23.9 Å². The fourth-order valence-corrected chi connectivity index (χ4v) is 3.41. The van der Waals surface area contributed by atoms with Crippen molar-refractivity contribution in [2.45, 2.75) is 25.8 Å². The molecule has 124 valence electrons. The van der Waals surface area contributed by atoms with E-state index in [0.717, 1.165) is 0 Å². The van der Waals surface area contributed by atoms with Crippen LogP contribution in [0.25, 0.3) is 0 Å². The van der Waals surface area contributed by atoms with Crippen LogP contribution >= 0.6 is 11.8 Å². The van der Waals surface area contributed by atoms with E-state index in [1.165, 1.54) is 47.9 Å². The highest BCUT2D eigenvalue weighted by molar-refractivity contribution is 8.13. The molecule has 1 saturated heterocycles. The van der Waals surface area contributed by atoms with E-state index in [1.54, 1.807) is 0 Å². The highest BCUT2D eigenvalue weighted by Gasteiger charge is 2.36. The van der Waals surface area contributed by atoms with Crippen molar-refractivity contribution in [3.8, 4) is 0 Å². The summed E-state index contributed by atoms with van der Waals surface area (Å²) in [6.45, 7) is 1.89. The van der Waals surface area contributed by atoms with Crippen LogP contribution in [0.5, 0.6) is 0 Å². The number of carboxylic acids is 1. The van der Waals surface area contributed by atoms with E-state index in [4.69, 9.17) is 5.11 Å². The summed E-state index contributed by atoms with van der Waals surface area (Å²) in [5.41, 5.74) is 0.599. The predicted octanol–water partition coefficient (Wildman–Crippen LogP) is 2.47. The Bertz CT molecular complexity index is 605. The predicted molar refractivity (Wildman–Crippen MR) is 84.4 cm³/mol. The Morgan fingerprint density at radius 2 is 2.04 bits per heavy atom. The normalized spacial score (nSPS) is 19.0. The minimum atomic E-state index is -1.02. The first kappa shape index (κ1) is 17.5. The van der Waals surface area contributed by atoms with Crippen LogP contribution in [-0.4, -0.2) is 39.3 Å². The van der Waals surface area contributed by atoms with Crippen LogP contribution in [0.1, 0.15) is 31.4 Å². The maximum Gasteiger partial charge on any atom is 0.305 e. The molecule has 23 heavy (non-hydrogen) atoms. The maximum atomic E-state index is 13.1. The van der Waals surface area contributed by atoms with E-state index in [2.05, 4.69) is 0 Å². The van der Waals surface area contributed by atoms with Gasteiger partial charge in [-0.2, -0.15) is 0 Å². The standard InChI is InChI=1S/C16H18FNO4S/c1-10(19)23-9-11-6-15(20)18(8-11)14(7-16(21)22)12-2-4-13(17)5-3-12/h2-5,11,14H,6-9H2,1H3,(H,21,22). The Morgan fingerprint density at radius 3 is 2.61 bits per heavy atom. The van der Waals surface area contributed by atoms with Crippen LogP contribution < -0.4 is 0 Å². The third kappa shape index (κ3) is 4.79. The topological polar surface area (TPSA) is 74.7 Å². The first-order chi connectivity index (χ1) is 10.9. The highest BCUT2D eigenvalue weighted by Crippen LogP contribution is 2.32. The number of thioether (sulfide) groups is 1. The SMILES string of the molecule is CC(=O)SCC1CC(=O)N(C(CC(=O)O)c2ccc(F)cc2)C1. The number of aliphatic carboxylic acids is 1. The van der Waals surface area contributed by atoms with Gasteiger partial charge < -0.3 is 10.0 Å². The van der Waals surface area contributed by atoms with Crippen LogP contribution in [0.4, 0.5) is 4.39 Å². The van der Waals surface area contributed by atoms with Crippen molar-refractivity contribution >= 4 is 28.8 Å². The Kier molecular flexibility index (Phi) is 5.76. The zero-order chi connectivity index (χ0) is 17.0. The molecular weight excluding hydrogens is 321 g/mol. The molecule has 1 aliphatic heterocycles. The average Bonchev–Trinajstić information content (AvgIpc) is 2.84. The fourth-order valence-electron chi connectivity index (χ4n) is 2.71. The van der Waals surface area contributed by atoms with E-state index >= 15 is 0 Å². The lowest BCUT2D eigenvalue weighted by Gasteiger charge is -2.27. The van der Waals surface area contributed by atoms with Crippen molar-refractivity contribution in [3.05, 3.63) is 35.6 Å². The summed E-state index contributed by atoms with van der Waals surface area (Å²) in [5, 5.41) is 9.12. The number of likely N-dealkylation sites (tertiary alicyclic amines) is 1. The van der Waals surface area contributed by atoms with E-state index in [-0.39, 0.29) is 23.4 Å². The van der Waals surface area contributed by atoms with Gasteiger partial charge in [-0.3, -0.25) is 14.4 Å². The van der Waals surface area contributed by atoms with Crippen molar-refractivity contribution in [1.82, 2.24) is 4.90 Å². The zero-order valence-electron chi connectivity index (χ0n) is 12.7. The molecule has 5 nitrogen and oxygen atoms in total. The number of carboxylic acid groups (broad SMARTS) is 1. The molecule has 0 aromatic heterocycles. The van der Waals surface area contributed by atoms with Gasteiger partial charge in [-0.05, 0) is 23.6 Å². The number of nitrogens with zero attached hydrogens (tertiary/aromatic N) is 1. The first-order valence-electron chi connectivity index (χ1n) is 7.27. The van der Waals surface area contributed by atoms with Gasteiger partial charge in [0.25, 0.3) is 0 Å². The molecule has 1 aromatic carbocycles. The fraction of sp³-hybridized carbons (Fsp3) is 0.438. The Labute approximate surface area is 137 Å². The summed E-state index contributed by atoms with van der Waals surface area (Å²) in [4.78, 5) is 36.0. The number of hydrogen-bond donors (Lipinski definition) is 1. The number of carbonyl (C=O) groups is 3. The molecule has 0 saturated carbocycles. The minimum Gasteiger partial charge on any atom is -0.481 e. The van der Waals surface area contributed by atoms with Gasteiger partial charge in [0, 0.05) is 25.6 Å². The molecule has 0 bridgehead atoms. The molecule has 0 aliphatic carbocycles. The highest BCUT2D eigenvalue weighted by atomic mass is 32.2. The van der Waals surface area contributed by atoms with Crippen molar-refractivity contribution in [1.29, 1.82) is 0 Å². The van der Waals surface area contributed by atoms with Crippen molar-refractivity contribution < 1.29 is 23.9 Å². The largest absolute Gasteiger partial charge is 0.481 e. The molecule has 2 rings (SSSR count). The molecule has 1 aliphatic rings. The summed E-state index contributed by atoms with van der Waals surface area (Å²) in [6.07, 6.45) is 0.0710. The van der Waals surface area contributed by atoms with Gasteiger partial charge >= 0.3 is 5.97 Å². The summed E-state index contributed by atoms with van der Waals surface area (Å²) in [7, 11) is 0. The van der Waals surface area contributed by atoms with Crippen molar-refractivity contribution in [3.63, 3.8) is 0 Å². The van der Waals surface area contributed by atoms with E-state index in [1.807, 2.05) is 0 Å². The quantitative estimate of drug-likeness (QED) is 0.862. The van der Waals surface area contributed by atoms with Gasteiger partial charge in [0.2, 0.25) is 5.91 Å². The smallest absolute Gasteiger partial charge is 0.305 e. The molecule has 1 heterocycles. The Hall–Kier alpha value is -1.89. The van der Waals surface area contributed by atoms with Gasteiger partial charge in [-0.25, -0.2) is 4.39 Å². The molecule has 0 spiro atoms. The van der Waals surface area contributed by atoms with Crippen LogP contribution in [-0.2, 0) is 14.4 Å². The average molecular weight is 339 g/mol. The number of carbonyl (C=O) groups excluding carboxylic acids is 2. The zero-order valence-corrected chi connectivity index (χ0v) is 13.5. The lowest BCUT2D eigenvalue weighted by molar-refractivity contribution is -0.140. The summed E-state index contributed by atoms with van der Waals surface area (Å²) in [5.74, 6) is -0.997. The molecule has 1 aromatic rings. The monoisotopic (exact) mass is 339 g/mol. The van der Waals surface area contributed by atoms with Crippen LogP contribution in [0.3, 0.4) is 0 Å². The summed E-state index contributed by atoms with van der Waals surface area (Å²) in [6, 6.07) is 4.91. The first-order valence-corrected chi connectivity index (χ1v) is 8.25. The number of halogens is 1. The second kappa shape index (κ2) is 7.59. The minimum absolute atomic E-state index is 0.00322. The van der Waals surface area contributed by atoms with Crippen LogP contribution in [0.15, 0.2) is 24.3 Å². The van der Waals surface area contributed by atoms with Crippen LogP contribution in [0.2, 0.25) is 0 Å². The lowest BCUT2D eigenvalue weighted by atomic mass is 10.0. The van der Waals surface area contributed by atoms with Gasteiger partial charge in [-0.15, -0.1) is 0 Å². The number of hydrogen-bond acceptors (Lipinski definition) is 4. The van der Waals surface area contributed by atoms with Gasteiger partial charge in [0.1, 0.15) is 5.82 Å². The molecular formula is C16H18FNO4S. The summed E-state index contributed by atoms with van der Waals surface area (Å²) >= 11 is 1.17. The molecule has 1 fully saturated rings. The number of benzene rings is 1. The third-order valence-corrected chi connectivity index (χ3v) is 4.80. The van der Waals surface area contributed by atoms with Crippen molar-refractivity contribution in [2.75, 3.05) is 12.3 Å². The Balaban J connectivity index is 2.15. The molecule has 2 atom stereocenters. The van der Waals surface area contributed by atoms with Crippen LogP contribution in [0, 0.1) is 11.7 Å². The van der Waals surface area contributed by atoms with Crippen molar-refractivity contribution in [2.24, 2.45) is 5.92 Å². The molecule has 7 heteroatoms. The molecule has 1 N–H and O–H groups in total.